The van der Waals surface area contributed by atoms with Gasteiger partial charge in [-0.25, -0.2) is 0 Å². The number of aryl methyl sites for hydroxylation is 1. The molecule has 1 aromatic rings. The minimum atomic E-state index is -4.66. The second-order valence-corrected chi connectivity index (χ2v) is 5.32. The van der Waals surface area contributed by atoms with E-state index in [4.69, 9.17) is 5.11 Å². The van der Waals surface area contributed by atoms with Crippen molar-refractivity contribution >= 4 is 27.8 Å². The summed E-state index contributed by atoms with van der Waals surface area (Å²) in [7, 11) is 0. The van der Waals surface area contributed by atoms with Gasteiger partial charge in [0.25, 0.3) is 5.91 Å². The van der Waals surface area contributed by atoms with Gasteiger partial charge in [0.1, 0.15) is 18.8 Å². The Kier molecular flexibility index (Phi) is 5.82. The lowest BCUT2D eigenvalue weighted by atomic mass is 10.3. The molecule has 0 fully saturated rings. The van der Waals surface area contributed by atoms with Crippen LogP contribution in [0.25, 0.3) is 0 Å². The molecule has 0 aliphatic carbocycles. The molecule has 0 aliphatic rings. The Bertz CT molecular complexity index is 528. The highest BCUT2D eigenvalue weighted by Crippen LogP contribution is 2.21. The van der Waals surface area contributed by atoms with E-state index in [0.717, 1.165) is 0 Å². The smallest absolute Gasteiger partial charge is 0.406 e. The summed E-state index contributed by atoms with van der Waals surface area (Å²) in [6.07, 6.45) is -2.41. The number of alkyl halides is 3. The van der Waals surface area contributed by atoms with Crippen LogP contribution in [0.5, 0.6) is 0 Å². The number of aromatic nitrogens is 1. The Morgan fingerprint density at radius 1 is 1.43 bits per heavy atom. The highest BCUT2D eigenvalue weighted by atomic mass is 79.9. The van der Waals surface area contributed by atoms with Crippen LogP contribution in [0.2, 0.25) is 0 Å². The fourth-order valence-corrected chi connectivity index (χ4v) is 2.28. The van der Waals surface area contributed by atoms with Gasteiger partial charge in [-0.15, -0.1) is 0 Å². The third-order valence-electron chi connectivity index (χ3n) is 2.53. The van der Waals surface area contributed by atoms with E-state index in [-0.39, 0.29) is 10.6 Å². The van der Waals surface area contributed by atoms with Crippen molar-refractivity contribution in [3.05, 3.63) is 22.4 Å². The number of carbonyl (C=O) groups is 2. The number of hydrogen-bond acceptors (Lipinski definition) is 2. The highest BCUT2D eigenvalue weighted by molar-refractivity contribution is 9.10. The molecular formula is C12H14BrF3N2O3. The Morgan fingerprint density at radius 3 is 2.52 bits per heavy atom. The third-order valence-corrected chi connectivity index (χ3v) is 2.96. The molecule has 118 valence electrons. The first-order valence-corrected chi connectivity index (χ1v) is 6.87. The first kappa shape index (κ1) is 17.5. The maximum atomic E-state index is 12.5. The van der Waals surface area contributed by atoms with Gasteiger partial charge in [0.2, 0.25) is 0 Å². The summed E-state index contributed by atoms with van der Waals surface area (Å²) in [5, 5.41) is 8.68. The molecule has 0 saturated heterocycles. The van der Waals surface area contributed by atoms with Crippen molar-refractivity contribution in [2.24, 2.45) is 0 Å². The minimum absolute atomic E-state index is 0.0224. The van der Waals surface area contributed by atoms with Gasteiger partial charge in [-0.2, -0.15) is 13.2 Å². The summed E-state index contributed by atoms with van der Waals surface area (Å²) in [4.78, 5) is 23.1. The van der Waals surface area contributed by atoms with Gasteiger partial charge in [-0.1, -0.05) is 6.92 Å². The molecule has 1 aromatic heterocycles. The van der Waals surface area contributed by atoms with E-state index in [2.05, 4.69) is 15.9 Å². The van der Waals surface area contributed by atoms with Crippen LogP contribution >= 0.6 is 15.9 Å². The van der Waals surface area contributed by atoms with Gasteiger partial charge < -0.3 is 14.6 Å². The van der Waals surface area contributed by atoms with Gasteiger partial charge in [0.05, 0.1) is 0 Å². The summed E-state index contributed by atoms with van der Waals surface area (Å²) in [5.74, 6) is -2.46. The molecule has 1 amide bonds. The van der Waals surface area contributed by atoms with Crippen molar-refractivity contribution in [1.82, 2.24) is 9.47 Å². The number of aliphatic carboxylic acids is 1. The van der Waals surface area contributed by atoms with Crippen molar-refractivity contribution < 1.29 is 27.9 Å². The molecule has 0 spiro atoms. The predicted octanol–water partition coefficient (Wildman–Crippen LogP) is 2.75. The maximum absolute atomic E-state index is 12.5. The van der Waals surface area contributed by atoms with Crippen molar-refractivity contribution in [3.8, 4) is 0 Å². The van der Waals surface area contributed by atoms with E-state index in [9.17, 15) is 22.8 Å². The molecule has 0 radical (unpaired) electrons. The zero-order valence-electron chi connectivity index (χ0n) is 11.2. The van der Waals surface area contributed by atoms with E-state index in [1.807, 2.05) is 6.92 Å². The molecule has 0 bridgehead atoms. The maximum Gasteiger partial charge on any atom is 0.406 e. The lowest BCUT2D eigenvalue weighted by Gasteiger charge is -2.22. The molecule has 1 heterocycles. The molecule has 1 N–H and O–H groups in total. The van der Waals surface area contributed by atoms with E-state index in [0.29, 0.717) is 17.4 Å². The van der Waals surface area contributed by atoms with Crippen LogP contribution < -0.4 is 0 Å². The number of hydrogen-bond donors (Lipinski definition) is 1. The molecular weight excluding hydrogens is 357 g/mol. The topological polar surface area (TPSA) is 62.5 Å². The standard InChI is InChI=1S/C12H14BrF3N2O3/c1-2-3-17-5-8(13)4-9(17)11(21)18(6-10(19)20)7-12(14,15)16/h4-5H,2-3,6-7H2,1H3,(H,19,20). The number of carbonyl (C=O) groups excluding carboxylic acids is 1. The van der Waals surface area contributed by atoms with Gasteiger partial charge in [0, 0.05) is 17.2 Å². The van der Waals surface area contributed by atoms with Crippen LogP contribution in [0.3, 0.4) is 0 Å². The fraction of sp³-hybridized carbons (Fsp3) is 0.500. The molecule has 1 rings (SSSR count). The molecule has 0 aliphatic heterocycles. The molecule has 0 unspecified atom stereocenters. The van der Waals surface area contributed by atoms with Gasteiger partial charge in [-0.05, 0) is 28.4 Å². The normalized spacial score (nSPS) is 11.5. The molecule has 0 saturated carbocycles. The lowest BCUT2D eigenvalue weighted by molar-refractivity contribution is -0.149. The first-order valence-electron chi connectivity index (χ1n) is 6.07. The average molecular weight is 371 g/mol. The fourth-order valence-electron chi connectivity index (χ4n) is 1.82. The summed E-state index contributed by atoms with van der Waals surface area (Å²) >= 11 is 3.15. The number of rotatable bonds is 6. The lowest BCUT2D eigenvalue weighted by Crippen LogP contribution is -2.42. The van der Waals surface area contributed by atoms with Crippen LogP contribution in [0, 0.1) is 0 Å². The summed E-state index contributed by atoms with van der Waals surface area (Å²) in [5.41, 5.74) is 0.0224. The van der Waals surface area contributed by atoms with Gasteiger partial charge in [0.15, 0.2) is 0 Å². The van der Waals surface area contributed by atoms with Crippen LogP contribution in [-0.4, -0.2) is 45.7 Å². The highest BCUT2D eigenvalue weighted by Gasteiger charge is 2.35. The quantitative estimate of drug-likeness (QED) is 0.837. The molecule has 0 aromatic carbocycles. The molecule has 5 nitrogen and oxygen atoms in total. The van der Waals surface area contributed by atoms with Crippen molar-refractivity contribution in [3.63, 3.8) is 0 Å². The number of carboxylic acid groups (broad SMARTS) is 1. The van der Waals surface area contributed by atoms with Gasteiger partial charge >= 0.3 is 12.1 Å². The first-order chi connectivity index (χ1) is 9.64. The number of nitrogens with zero attached hydrogens (tertiary/aromatic N) is 2. The zero-order valence-corrected chi connectivity index (χ0v) is 12.7. The Hall–Kier alpha value is -1.51. The summed E-state index contributed by atoms with van der Waals surface area (Å²) < 4.78 is 39.5. The van der Waals surface area contributed by atoms with Crippen molar-refractivity contribution in [1.29, 1.82) is 0 Å². The van der Waals surface area contributed by atoms with E-state index in [1.165, 1.54) is 10.6 Å². The average Bonchev–Trinajstić information content (AvgIpc) is 2.66. The van der Waals surface area contributed by atoms with E-state index in [1.54, 1.807) is 6.20 Å². The molecule has 9 heteroatoms. The number of amides is 1. The minimum Gasteiger partial charge on any atom is -0.480 e. The Labute approximate surface area is 127 Å². The second kappa shape index (κ2) is 6.97. The SMILES string of the molecule is CCCn1cc(Br)cc1C(=O)N(CC(=O)O)CC(F)(F)F. The predicted molar refractivity (Wildman–Crippen MR) is 72.0 cm³/mol. The Balaban J connectivity index is 3.06. The number of carboxylic acids is 1. The van der Waals surface area contributed by atoms with Crippen LogP contribution in [0.1, 0.15) is 23.8 Å². The molecule has 0 atom stereocenters. The molecule has 21 heavy (non-hydrogen) atoms. The van der Waals surface area contributed by atoms with Gasteiger partial charge in [-0.3, -0.25) is 9.59 Å². The monoisotopic (exact) mass is 370 g/mol. The summed E-state index contributed by atoms with van der Waals surface area (Å²) in [6.45, 7) is -0.313. The third kappa shape index (κ3) is 5.41. The van der Waals surface area contributed by atoms with Crippen LogP contribution in [-0.2, 0) is 11.3 Å². The summed E-state index contributed by atoms with van der Waals surface area (Å²) in [6, 6.07) is 1.38. The van der Waals surface area contributed by atoms with Crippen LogP contribution in [0.4, 0.5) is 13.2 Å². The Morgan fingerprint density at radius 2 is 2.05 bits per heavy atom. The second-order valence-electron chi connectivity index (χ2n) is 4.41. The van der Waals surface area contributed by atoms with E-state index < -0.39 is 31.1 Å². The van der Waals surface area contributed by atoms with Crippen molar-refractivity contribution in [2.45, 2.75) is 26.1 Å². The van der Waals surface area contributed by atoms with E-state index >= 15 is 0 Å². The number of halogens is 4. The zero-order chi connectivity index (χ0) is 16.2. The largest absolute Gasteiger partial charge is 0.480 e. The van der Waals surface area contributed by atoms with Crippen molar-refractivity contribution in [2.75, 3.05) is 13.1 Å². The van der Waals surface area contributed by atoms with Crippen LogP contribution in [0.15, 0.2) is 16.7 Å².